The molecule has 2 saturated heterocycles. The predicted molar refractivity (Wildman–Crippen MR) is 90.2 cm³/mol. The maximum absolute atomic E-state index is 12.2. The lowest BCUT2D eigenvalue weighted by atomic mass is 10.1. The van der Waals surface area contributed by atoms with E-state index in [2.05, 4.69) is 15.6 Å². The molecule has 0 aromatic heterocycles. The fourth-order valence-corrected chi connectivity index (χ4v) is 3.13. The van der Waals surface area contributed by atoms with Crippen molar-refractivity contribution < 1.29 is 9.59 Å². The lowest BCUT2D eigenvalue weighted by Crippen LogP contribution is -2.49. The van der Waals surface area contributed by atoms with Crippen molar-refractivity contribution in [3.05, 3.63) is 0 Å². The van der Waals surface area contributed by atoms with E-state index < -0.39 is 0 Å². The van der Waals surface area contributed by atoms with E-state index in [1.54, 1.807) is 7.05 Å². The fraction of sp³-hybridized carbons (Fsp3) is 0.812. The second-order valence-electron chi connectivity index (χ2n) is 6.19. The van der Waals surface area contributed by atoms with Crippen LogP contribution in [0.15, 0.2) is 4.99 Å². The molecule has 2 fully saturated rings. The number of likely N-dealkylation sites (tertiary alicyclic amines) is 2. The van der Waals surface area contributed by atoms with Crippen LogP contribution >= 0.6 is 0 Å². The summed E-state index contributed by atoms with van der Waals surface area (Å²) in [6.45, 7) is 5.37. The van der Waals surface area contributed by atoms with Crippen LogP contribution < -0.4 is 10.6 Å². The second-order valence-corrected chi connectivity index (χ2v) is 6.19. The van der Waals surface area contributed by atoms with Gasteiger partial charge in [-0.3, -0.25) is 14.6 Å². The molecule has 2 N–H and O–H groups in total. The first kappa shape index (κ1) is 17.6. The maximum atomic E-state index is 12.2. The number of hydrogen-bond donors (Lipinski definition) is 2. The zero-order chi connectivity index (χ0) is 16.7. The van der Waals surface area contributed by atoms with Crippen LogP contribution in [0.5, 0.6) is 0 Å². The van der Waals surface area contributed by atoms with Crippen molar-refractivity contribution in [2.75, 3.05) is 39.8 Å². The number of amides is 2. The van der Waals surface area contributed by atoms with E-state index in [4.69, 9.17) is 0 Å². The molecule has 1 atom stereocenters. The number of carbonyl (C=O) groups is 2. The molecule has 2 aliphatic rings. The van der Waals surface area contributed by atoms with Gasteiger partial charge in [0.2, 0.25) is 11.8 Å². The van der Waals surface area contributed by atoms with Gasteiger partial charge in [0.25, 0.3) is 0 Å². The zero-order valence-corrected chi connectivity index (χ0v) is 14.3. The van der Waals surface area contributed by atoms with E-state index in [-0.39, 0.29) is 24.4 Å². The first-order valence-corrected chi connectivity index (χ1v) is 8.66. The smallest absolute Gasteiger partial charge is 0.241 e. The Labute approximate surface area is 138 Å². The number of piperidine rings is 1. The Morgan fingerprint density at radius 1 is 1.09 bits per heavy atom. The van der Waals surface area contributed by atoms with E-state index in [9.17, 15) is 9.59 Å². The summed E-state index contributed by atoms with van der Waals surface area (Å²) in [7, 11) is 1.70. The minimum absolute atomic E-state index is 0.127. The van der Waals surface area contributed by atoms with Gasteiger partial charge in [0.1, 0.15) is 0 Å². The Balaban J connectivity index is 1.73. The zero-order valence-electron chi connectivity index (χ0n) is 14.3. The molecule has 7 heteroatoms. The molecule has 2 rings (SSSR count). The SMILES string of the molecule is CCC(=O)N1CCC(NC(=NC)NCC(=O)N2CCCCC2)C1. The molecule has 2 amide bonds. The Morgan fingerprint density at radius 2 is 1.83 bits per heavy atom. The number of hydrogen-bond acceptors (Lipinski definition) is 3. The number of aliphatic imine (C=N–C) groups is 1. The molecule has 2 heterocycles. The number of nitrogens with one attached hydrogen (secondary N) is 2. The highest BCUT2D eigenvalue weighted by Crippen LogP contribution is 2.10. The van der Waals surface area contributed by atoms with Gasteiger partial charge in [-0.2, -0.15) is 0 Å². The molecule has 0 aromatic carbocycles. The third kappa shape index (κ3) is 5.11. The topological polar surface area (TPSA) is 77.0 Å². The molecule has 0 bridgehead atoms. The minimum Gasteiger partial charge on any atom is -0.352 e. The van der Waals surface area contributed by atoms with Crippen LogP contribution in [-0.4, -0.2) is 73.4 Å². The monoisotopic (exact) mass is 323 g/mol. The largest absolute Gasteiger partial charge is 0.352 e. The average molecular weight is 323 g/mol. The van der Waals surface area contributed by atoms with Crippen LogP contribution in [0.25, 0.3) is 0 Å². The summed E-state index contributed by atoms with van der Waals surface area (Å²) in [5, 5.41) is 6.40. The van der Waals surface area contributed by atoms with E-state index in [0.717, 1.165) is 38.9 Å². The minimum atomic E-state index is 0.127. The first-order chi connectivity index (χ1) is 11.1. The van der Waals surface area contributed by atoms with Crippen molar-refractivity contribution in [3.63, 3.8) is 0 Å². The van der Waals surface area contributed by atoms with Crippen molar-refractivity contribution in [2.45, 2.75) is 45.1 Å². The third-order valence-electron chi connectivity index (χ3n) is 4.52. The van der Waals surface area contributed by atoms with Crippen LogP contribution in [0, 0.1) is 0 Å². The normalized spacial score (nSPS) is 22.2. The van der Waals surface area contributed by atoms with E-state index >= 15 is 0 Å². The van der Waals surface area contributed by atoms with Gasteiger partial charge in [-0.15, -0.1) is 0 Å². The summed E-state index contributed by atoms with van der Waals surface area (Å²) in [5.74, 6) is 0.950. The summed E-state index contributed by atoms with van der Waals surface area (Å²) in [5.41, 5.74) is 0. The van der Waals surface area contributed by atoms with Gasteiger partial charge in [-0.1, -0.05) is 6.92 Å². The van der Waals surface area contributed by atoms with Crippen LogP contribution in [-0.2, 0) is 9.59 Å². The van der Waals surface area contributed by atoms with Gasteiger partial charge < -0.3 is 20.4 Å². The lowest BCUT2D eigenvalue weighted by Gasteiger charge is -2.27. The molecule has 23 heavy (non-hydrogen) atoms. The Hall–Kier alpha value is -1.79. The maximum Gasteiger partial charge on any atom is 0.241 e. The number of guanidine groups is 1. The summed E-state index contributed by atoms with van der Waals surface area (Å²) < 4.78 is 0. The molecule has 130 valence electrons. The van der Waals surface area contributed by atoms with Gasteiger partial charge in [-0.25, -0.2) is 0 Å². The van der Waals surface area contributed by atoms with Crippen LogP contribution in [0.3, 0.4) is 0 Å². The van der Waals surface area contributed by atoms with Crippen molar-refractivity contribution in [2.24, 2.45) is 4.99 Å². The van der Waals surface area contributed by atoms with Crippen LogP contribution in [0.4, 0.5) is 0 Å². The van der Waals surface area contributed by atoms with Gasteiger partial charge in [0.05, 0.1) is 6.54 Å². The van der Waals surface area contributed by atoms with Crippen molar-refractivity contribution >= 4 is 17.8 Å². The van der Waals surface area contributed by atoms with E-state index in [1.165, 1.54) is 6.42 Å². The molecule has 0 saturated carbocycles. The Morgan fingerprint density at radius 3 is 2.48 bits per heavy atom. The highest BCUT2D eigenvalue weighted by molar-refractivity contribution is 5.86. The highest BCUT2D eigenvalue weighted by Gasteiger charge is 2.26. The van der Waals surface area contributed by atoms with E-state index in [1.807, 2.05) is 16.7 Å². The lowest BCUT2D eigenvalue weighted by molar-refractivity contribution is -0.131. The molecule has 2 aliphatic heterocycles. The fourth-order valence-electron chi connectivity index (χ4n) is 3.13. The summed E-state index contributed by atoms with van der Waals surface area (Å²) in [6.07, 6.45) is 4.87. The second kappa shape index (κ2) is 8.74. The molecule has 0 radical (unpaired) electrons. The highest BCUT2D eigenvalue weighted by atomic mass is 16.2. The average Bonchev–Trinajstić information content (AvgIpc) is 3.06. The van der Waals surface area contributed by atoms with E-state index in [0.29, 0.717) is 18.9 Å². The van der Waals surface area contributed by atoms with Gasteiger partial charge in [-0.05, 0) is 25.7 Å². The van der Waals surface area contributed by atoms with Gasteiger partial charge >= 0.3 is 0 Å². The first-order valence-electron chi connectivity index (χ1n) is 8.66. The van der Waals surface area contributed by atoms with Crippen LogP contribution in [0.1, 0.15) is 39.0 Å². The van der Waals surface area contributed by atoms with Crippen molar-refractivity contribution in [1.82, 2.24) is 20.4 Å². The summed E-state index contributed by atoms with van der Waals surface area (Å²) in [4.78, 5) is 31.8. The standard InChI is InChI=1S/C16H29N5O2/c1-3-14(22)21-10-7-13(12-21)19-16(17-2)18-11-15(23)20-8-5-4-6-9-20/h13H,3-12H2,1-2H3,(H2,17,18,19). The Kier molecular flexibility index (Phi) is 6.67. The van der Waals surface area contributed by atoms with Crippen molar-refractivity contribution in [3.8, 4) is 0 Å². The summed E-state index contributed by atoms with van der Waals surface area (Å²) >= 11 is 0. The quantitative estimate of drug-likeness (QED) is 0.571. The number of rotatable bonds is 4. The molecule has 0 aliphatic carbocycles. The molecule has 1 unspecified atom stereocenters. The Bertz CT molecular complexity index is 446. The third-order valence-corrected chi connectivity index (χ3v) is 4.52. The van der Waals surface area contributed by atoms with Crippen molar-refractivity contribution in [1.29, 1.82) is 0 Å². The molecular weight excluding hydrogens is 294 g/mol. The van der Waals surface area contributed by atoms with Gasteiger partial charge in [0.15, 0.2) is 5.96 Å². The number of carbonyl (C=O) groups excluding carboxylic acids is 2. The van der Waals surface area contributed by atoms with Crippen LogP contribution in [0.2, 0.25) is 0 Å². The molecule has 0 aromatic rings. The molecule has 7 nitrogen and oxygen atoms in total. The van der Waals surface area contributed by atoms with Gasteiger partial charge in [0, 0.05) is 45.7 Å². The molecule has 0 spiro atoms. The number of nitrogens with zero attached hydrogens (tertiary/aromatic N) is 3. The summed E-state index contributed by atoms with van der Waals surface area (Å²) in [6, 6.07) is 0.196. The molecular formula is C16H29N5O2. The predicted octanol–water partition coefficient (Wildman–Crippen LogP) is 0.175.